The first-order valence-electron chi connectivity index (χ1n) is 9.88. The maximum absolute atomic E-state index is 12.8. The summed E-state index contributed by atoms with van der Waals surface area (Å²) in [6, 6.07) is 11.9. The van der Waals surface area contributed by atoms with Crippen LogP contribution in [0.2, 0.25) is 0 Å². The van der Waals surface area contributed by atoms with Gasteiger partial charge < -0.3 is 23.8 Å². The Hall–Kier alpha value is -4.28. The van der Waals surface area contributed by atoms with Gasteiger partial charge in [-0.1, -0.05) is 18.2 Å². The van der Waals surface area contributed by atoms with Gasteiger partial charge in [0, 0.05) is 29.1 Å². The highest BCUT2D eigenvalue weighted by Gasteiger charge is 2.31. The van der Waals surface area contributed by atoms with Gasteiger partial charge in [-0.25, -0.2) is 0 Å². The minimum atomic E-state index is -4.68. The summed E-state index contributed by atoms with van der Waals surface area (Å²) in [6.07, 6.45) is -4.17. The van der Waals surface area contributed by atoms with E-state index in [9.17, 15) is 27.6 Å². The van der Waals surface area contributed by atoms with Crippen LogP contribution in [0, 0.1) is 0 Å². The normalized spacial score (nSPS) is 11.5. The number of hydrogen-bond acceptors (Lipinski definition) is 6. The summed E-state index contributed by atoms with van der Waals surface area (Å²) in [7, 11) is 1.42. The summed E-state index contributed by atoms with van der Waals surface area (Å²) in [5.74, 6) is -1.44. The number of esters is 1. The fourth-order valence-corrected chi connectivity index (χ4v) is 3.36. The van der Waals surface area contributed by atoms with E-state index in [1.165, 1.54) is 7.11 Å². The van der Waals surface area contributed by atoms with Crippen LogP contribution in [0.25, 0.3) is 21.9 Å². The van der Waals surface area contributed by atoms with Crippen molar-refractivity contribution in [3.05, 3.63) is 70.6 Å². The molecule has 0 bridgehead atoms. The minimum Gasteiger partial charge on any atom is -0.495 e. The highest BCUT2D eigenvalue weighted by Crippen LogP contribution is 2.36. The third-order valence-corrected chi connectivity index (χ3v) is 4.95. The fourth-order valence-electron chi connectivity index (χ4n) is 3.36. The van der Waals surface area contributed by atoms with Crippen LogP contribution < -0.4 is 15.6 Å². The zero-order valence-electron chi connectivity index (χ0n) is 17.6. The molecule has 0 saturated carbocycles. The lowest BCUT2D eigenvalue weighted by molar-refractivity contribution is -0.148. The molecular formula is C23H17F3N2O6. The molecule has 4 aromatic rings. The molecule has 0 radical (unpaired) electrons. The second kappa shape index (κ2) is 8.93. The predicted molar refractivity (Wildman–Crippen MR) is 116 cm³/mol. The van der Waals surface area contributed by atoms with Crippen molar-refractivity contribution in [3.8, 4) is 5.75 Å². The molecule has 8 nitrogen and oxygen atoms in total. The fraction of sp³-hybridized carbons (Fsp3) is 0.174. The Balaban J connectivity index is 1.43. The van der Waals surface area contributed by atoms with Crippen LogP contribution in [0.3, 0.4) is 0 Å². The molecule has 0 aliphatic carbocycles. The van der Waals surface area contributed by atoms with Crippen molar-refractivity contribution in [2.45, 2.75) is 12.7 Å². The molecule has 176 valence electrons. The van der Waals surface area contributed by atoms with E-state index >= 15 is 0 Å². The van der Waals surface area contributed by atoms with Gasteiger partial charge in [-0.3, -0.25) is 14.4 Å². The summed E-state index contributed by atoms with van der Waals surface area (Å²) in [5.41, 5.74) is -0.492. The van der Waals surface area contributed by atoms with Gasteiger partial charge in [0.05, 0.1) is 18.4 Å². The predicted octanol–water partition coefficient (Wildman–Crippen LogP) is 3.96. The van der Waals surface area contributed by atoms with Crippen molar-refractivity contribution in [3.63, 3.8) is 0 Å². The van der Waals surface area contributed by atoms with Gasteiger partial charge in [-0.05, 0) is 18.2 Å². The SMILES string of the molecule is COc1cc2c(cc1NC(=O)COC(=O)Cn1cc(C(F)(F)F)ccc1=O)oc1ccccc12. The van der Waals surface area contributed by atoms with Crippen molar-refractivity contribution in [1.29, 1.82) is 0 Å². The number of carbonyl (C=O) groups is 2. The number of nitrogens with zero attached hydrogens (tertiary/aromatic N) is 1. The van der Waals surface area contributed by atoms with Gasteiger partial charge in [0.2, 0.25) is 0 Å². The van der Waals surface area contributed by atoms with Gasteiger partial charge >= 0.3 is 12.1 Å². The molecule has 34 heavy (non-hydrogen) atoms. The number of pyridine rings is 1. The minimum absolute atomic E-state index is 0.268. The van der Waals surface area contributed by atoms with Crippen LogP contribution in [-0.2, 0) is 27.0 Å². The maximum atomic E-state index is 12.8. The number of aromatic nitrogens is 1. The Morgan fingerprint density at radius 3 is 2.56 bits per heavy atom. The summed E-state index contributed by atoms with van der Waals surface area (Å²) < 4.78 is 54.9. The van der Waals surface area contributed by atoms with E-state index in [1.54, 1.807) is 18.2 Å². The zero-order chi connectivity index (χ0) is 24.5. The van der Waals surface area contributed by atoms with Crippen molar-refractivity contribution in [2.24, 2.45) is 0 Å². The van der Waals surface area contributed by atoms with Gasteiger partial charge in [0.1, 0.15) is 23.5 Å². The molecule has 0 saturated heterocycles. The van der Waals surface area contributed by atoms with E-state index in [0.29, 0.717) is 39.8 Å². The Morgan fingerprint density at radius 2 is 1.82 bits per heavy atom. The second-order valence-electron chi connectivity index (χ2n) is 7.24. The average molecular weight is 474 g/mol. The van der Waals surface area contributed by atoms with Gasteiger partial charge in [-0.2, -0.15) is 13.2 Å². The average Bonchev–Trinajstić information content (AvgIpc) is 3.15. The number of nitrogens with one attached hydrogen (secondary N) is 1. The number of halogens is 3. The summed E-state index contributed by atoms with van der Waals surface area (Å²) in [5, 5.41) is 4.19. The smallest absolute Gasteiger partial charge is 0.417 e. The largest absolute Gasteiger partial charge is 0.495 e. The summed E-state index contributed by atoms with van der Waals surface area (Å²) in [6.45, 7) is -1.52. The number of furan rings is 1. The molecule has 2 aromatic heterocycles. The molecule has 0 fully saturated rings. The highest BCUT2D eigenvalue weighted by atomic mass is 19.4. The van der Waals surface area contributed by atoms with E-state index in [0.717, 1.165) is 10.8 Å². The van der Waals surface area contributed by atoms with E-state index in [-0.39, 0.29) is 5.69 Å². The van der Waals surface area contributed by atoms with Crippen molar-refractivity contribution >= 4 is 39.5 Å². The van der Waals surface area contributed by atoms with Crippen molar-refractivity contribution in [1.82, 2.24) is 4.57 Å². The number of hydrogen-bond donors (Lipinski definition) is 1. The van der Waals surface area contributed by atoms with E-state index in [1.807, 2.05) is 18.2 Å². The monoisotopic (exact) mass is 474 g/mol. The van der Waals surface area contributed by atoms with Gasteiger partial charge in [0.25, 0.3) is 11.5 Å². The molecule has 0 atom stereocenters. The molecule has 1 N–H and O–H groups in total. The maximum Gasteiger partial charge on any atom is 0.417 e. The molecule has 2 aromatic carbocycles. The Morgan fingerprint density at radius 1 is 1.06 bits per heavy atom. The van der Waals surface area contributed by atoms with E-state index < -0.39 is 42.3 Å². The number of ether oxygens (including phenoxy) is 2. The zero-order valence-corrected chi connectivity index (χ0v) is 17.6. The number of rotatable bonds is 6. The number of methoxy groups -OCH3 is 1. The molecule has 0 unspecified atom stereocenters. The van der Waals surface area contributed by atoms with Crippen LogP contribution in [0.1, 0.15) is 5.56 Å². The third-order valence-electron chi connectivity index (χ3n) is 4.95. The number of anilines is 1. The molecule has 0 aliphatic heterocycles. The molecule has 4 rings (SSSR count). The molecule has 0 aliphatic rings. The number of alkyl halides is 3. The molecule has 2 heterocycles. The first-order chi connectivity index (χ1) is 16.2. The first-order valence-corrected chi connectivity index (χ1v) is 9.88. The van der Waals surface area contributed by atoms with E-state index in [2.05, 4.69) is 5.32 Å². The lowest BCUT2D eigenvalue weighted by Gasteiger charge is -2.12. The van der Waals surface area contributed by atoms with Crippen molar-refractivity contribution in [2.75, 3.05) is 19.0 Å². The van der Waals surface area contributed by atoms with Gasteiger partial charge in [-0.15, -0.1) is 0 Å². The lowest BCUT2D eigenvalue weighted by atomic mass is 10.1. The number of carbonyl (C=O) groups excluding carboxylic acids is 2. The Kier molecular flexibility index (Phi) is 6.01. The molecule has 0 spiro atoms. The van der Waals surface area contributed by atoms with Crippen LogP contribution >= 0.6 is 0 Å². The second-order valence-corrected chi connectivity index (χ2v) is 7.24. The summed E-state index contributed by atoms with van der Waals surface area (Å²) in [4.78, 5) is 36.0. The van der Waals surface area contributed by atoms with Crippen LogP contribution in [0.4, 0.5) is 18.9 Å². The molecular weight excluding hydrogens is 457 g/mol. The molecule has 11 heteroatoms. The van der Waals surface area contributed by atoms with Crippen LogP contribution in [0.15, 0.2) is 63.9 Å². The van der Waals surface area contributed by atoms with E-state index in [4.69, 9.17) is 13.9 Å². The number of fused-ring (bicyclic) bond motifs is 3. The van der Waals surface area contributed by atoms with Crippen LogP contribution in [-0.4, -0.2) is 30.2 Å². The van der Waals surface area contributed by atoms with Crippen LogP contribution in [0.5, 0.6) is 5.75 Å². The highest BCUT2D eigenvalue weighted by molar-refractivity contribution is 6.07. The lowest BCUT2D eigenvalue weighted by Crippen LogP contribution is -2.28. The third kappa shape index (κ3) is 4.72. The Bertz CT molecular complexity index is 1450. The topological polar surface area (TPSA) is 99.8 Å². The van der Waals surface area contributed by atoms with Crippen molar-refractivity contribution < 1.29 is 36.7 Å². The standard InChI is InChI=1S/C23H17F3N2O6/c1-32-19-8-15-14-4-2-3-5-17(14)34-18(15)9-16(19)27-20(29)12-33-22(31)11-28-10-13(23(24,25)26)6-7-21(28)30/h2-10H,11-12H2,1H3,(H,27,29). The number of benzene rings is 2. The molecule has 1 amide bonds. The number of para-hydroxylation sites is 1. The number of amides is 1. The first kappa shape index (κ1) is 22.9. The summed E-state index contributed by atoms with van der Waals surface area (Å²) >= 11 is 0. The van der Waals surface area contributed by atoms with Gasteiger partial charge in [0.15, 0.2) is 6.61 Å². The quantitative estimate of drug-likeness (QED) is 0.425. The Labute approximate surface area is 189 Å².